The molecule has 0 nitrogen and oxygen atoms in total. The maximum atomic E-state index is 3.31. The van der Waals surface area contributed by atoms with Crippen LogP contribution < -0.4 is 0 Å². The average Bonchev–Trinajstić information content (AvgIpc) is 2.25. The Balaban J connectivity index is 2.66. The molecule has 0 aliphatic heterocycles. The van der Waals surface area contributed by atoms with Crippen LogP contribution in [0.5, 0.6) is 0 Å². The molecule has 1 aromatic carbocycles. The molecule has 0 unspecified atom stereocenters. The largest absolute Gasteiger partial charge is 0.129 e. The molecule has 0 N–H and O–H groups in total. The Kier molecular flexibility index (Phi) is 5.73. The van der Waals surface area contributed by atoms with Gasteiger partial charge in [0.15, 0.2) is 0 Å². The Labute approximate surface area is 119 Å². The number of allylic oxidation sites excluding steroid dienone is 3. The van der Waals surface area contributed by atoms with E-state index in [9.17, 15) is 0 Å². The Morgan fingerprint density at radius 1 is 1.18 bits per heavy atom. The summed E-state index contributed by atoms with van der Waals surface area (Å²) in [6.45, 7) is 6.75. The van der Waals surface area contributed by atoms with E-state index < -0.39 is 8.07 Å². The second-order valence-electron chi connectivity index (χ2n) is 4.79. The quantitative estimate of drug-likeness (QED) is 0.307. The van der Waals surface area contributed by atoms with Crippen LogP contribution in [0.4, 0.5) is 0 Å². The van der Waals surface area contributed by atoms with Gasteiger partial charge in [-0.25, -0.2) is 0 Å². The second-order valence-corrected chi connectivity index (χ2v) is 10.8. The SMILES string of the molecule is C[Si](C)(C)C#C/C=C\C(I)=C/c1ccccc1. The summed E-state index contributed by atoms with van der Waals surface area (Å²) in [7, 11) is -1.24. The number of hydrogen-bond acceptors (Lipinski definition) is 0. The van der Waals surface area contributed by atoms with E-state index in [2.05, 4.69) is 78.0 Å². The topological polar surface area (TPSA) is 0 Å². The van der Waals surface area contributed by atoms with Gasteiger partial charge in [-0.05, 0) is 46.4 Å². The predicted octanol–water partition coefficient (Wildman–Crippen LogP) is 4.90. The first-order valence-electron chi connectivity index (χ1n) is 5.59. The zero-order valence-electron chi connectivity index (χ0n) is 10.5. The van der Waals surface area contributed by atoms with Crippen LogP contribution in [0, 0.1) is 11.5 Å². The van der Waals surface area contributed by atoms with Crippen LogP contribution in [-0.2, 0) is 0 Å². The zero-order chi connectivity index (χ0) is 12.7. The summed E-state index contributed by atoms with van der Waals surface area (Å²) in [5, 5.41) is 0. The minimum atomic E-state index is -1.24. The lowest BCUT2D eigenvalue weighted by Crippen LogP contribution is -2.16. The molecule has 0 heterocycles. The highest BCUT2D eigenvalue weighted by atomic mass is 127. The van der Waals surface area contributed by atoms with Gasteiger partial charge in [-0.15, -0.1) is 5.54 Å². The van der Waals surface area contributed by atoms with Gasteiger partial charge in [0.2, 0.25) is 0 Å². The monoisotopic (exact) mass is 352 g/mol. The van der Waals surface area contributed by atoms with Crippen molar-refractivity contribution in [2.75, 3.05) is 0 Å². The Hall–Kier alpha value is -0.793. The zero-order valence-corrected chi connectivity index (χ0v) is 13.7. The van der Waals surface area contributed by atoms with Crippen molar-refractivity contribution in [2.24, 2.45) is 0 Å². The Morgan fingerprint density at radius 3 is 2.41 bits per heavy atom. The molecule has 0 saturated heterocycles. The Bertz CT molecular complexity index is 467. The van der Waals surface area contributed by atoms with Crippen LogP contribution in [0.3, 0.4) is 0 Å². The highest BCUT2D eigenvalue weighted by molar-refractivity contribution is 14.1. The lowest BCUT2D eigenvalue weighted by molar-refractivity contribution is 1.66. The lowest BCUT2D eigenvalue weighted by Gasteiger charge is -2.02. The number of benzene rings is 1. The van der Waals surface area contributed by atoms with Crippen molar-refractivity contribution >= 4 is 36.7 Å². The summed E-state index contributed by atoms with van der Waals surface area (Å²) in [6, 6.07) is 10.3. The fourth-order valence-corrected chi connectivity index (χ4v) is 2.19. The molecule has 0 atom stereocenters. The van der Waals surface area contributed by atoms with Gasteiger partial charge < -0.3 is 0 Å². The van der Waals surface area contributed by atoms with Crippen LogP contribution in [0.25, 0.3) is 6.08 Å². The molecule has 17 heavy (non-hydrogen) atoms. The maximum Gasteiger partial charge on any atom is 0.129 e. The highest BCUT2D eigenvalue weighted by Crippen LogP contribution is 2.13. The van der Waals surface area contributed by atoms with E-state index in [0.717, 1.165) is 0 Å². The summed E-state index contributed by atoms with van der Waals surface area (Å²) >= 11 is 2.32. The number of hydrogen-bond donors (Lipinski definition) is 0. The van der Waals surface area contributed by atoms with Crippen LogP contribution in [0.1, 0.15) is 5.56 Å². The molecular formula is C15H17ISi. The first kappa shape index (κ1) is 14.3. The molecule has 0 amide bonds. The van der Waals surface area contributed by atoms with E-state index in [4.69, 9.17) is 0 Å². The van der Waals surface area contributed by atoms with Crippen molar-refractivity contribution in [3.05, 3.63) is 51.6 Å². The van der Waals surface area contributed by atoms with Gasteiger partial charge in [0.1, 0.15) is 8.07 Å². The first-order chi connectivity index (χ1) is 7.97. The minimum Gasteiger partial charge on any atom is -0.127 e. The van der Waals surface area contributed by atoms with Gasteiger partial charge in [-0.1, -0.05) is 55.9 Å². The van der Waals surface area contributed by atoms with Crippen LogP contribution in [0.15, 0.2) is 46.1 Å². The smallest absolute Gasteiger partial charge is 0.127 e. The fraction of sp³-hybridized carbons (Fsp3) is 0.200. The first-order valence-corrected chi connectivity index (χ1v) is 10.2. The van der Waals surface area contributed by atoms with E-state index >= 15 is 0 Å². The molecule has 0 radical (unpaired) electrons. The van der Waals surface area contributed by atoms with Gasteiger partial charge in [0.25, 0.3) is 0 Å². The predicted molar refractivity (Wildman–Crippen MR) is 88.7 cm³/mol. The van der Waals surface area contributed by atoms with Gasteiger partial charge in [-0.3, -0.25) is 0 Å². The molecule has 0 aliphatic rings. The molecule has 1 aromatic rings. The minimum absolute atomic E-state index is 1.19. The van der Waals surface area contributed by atoms with E-state index in [1.807, 2.05) is 24.3 Å². The van der Waals surface area contributed by atoms with Gasteiger partial charge in [-0.2, -0.15) is 0 Å². The van der Waals surface area contributed by atoms with Crippen LogP contribution in [-0.4, -0.2) is 8.07 Å². The summed E-state index contributed by atoms with van der Waals surface area (Å²) in [6.07, 6.45) is 6.15. The Morgan fingerprint density at radius 2 is 1.82 bits per heavy atom. The third kappa shape index (κ3) is 7.19. The van der Waals surface area contributed by atoms with Gasteiger partial charge >= 0.3 is 0 Å². The van der Waals surface area contributed by atoms with E-state index in [0.29, 0.717) is 0 Å². The van der Waals surface area contributed by atoms with E-state index in [1.165, 1.54) is 9.14 Å². The molecule has 88 valence electrons. The second kappa shape index (κ2) is 6.82. The maximum absolute atomic E-state index is 3.31. The summed E-state index contributed by atoms with van der Waals surface area (Å²) in [5.74, 6) is 3.13. The molecule has 0 bridgehead atoms. The molecule has 0 saturated carbocycles. The molecule has 0 aromatic heterocycles. The summed E-state index contributed by atoms with van der Waals surface area (Å²) < 4.78 is 1.19. The fourth-order valence-electron chi connectivity index (χ4n) is 1.14. The lowest BCUT2D eigenvalue weighted by atomic mass is 10.2. The summed E-state index contributed by atoms with van der Waals surface area (Å²) in [4.78, 5) is 0. The van der Waals surface area contributed by atoms with E-state index in [-0.39, 0.29) is 0 Å². The van der Waals surface area contributed by atoms with Crippen molar-refractivity contribution in [1.29, 1.82) is 0 Å². The molecule has 0 spiro atoms. The third-order valence-corrected chi connectivity index (χ3v) is 3.44. The number of halogens is 1. The van der Waals surface area contributed by atoms with Crippen molar-refractivity contribution in [3.63, 3.8) is 0 Å². The standard InChI is InChI=1S/C15H17ISi/c1-17(2,3)12-8-7-11-15(16)13-14-9-5-4-6-10-14/h4-7,9-11,13H,1-3H3/b11-7-,15-13+. The average molecular weight is 352 g/mol. The van der Waals surface area contributed by atoms with Crippen LogP contribution in [0.2, 0.25) is 19.6 Å². The molecule has 0 aliphatic carbocycles. The molecule has 2 heteroatoms. The van der Waals surface area contributed by atoms with E-state index in [1.54, 1.807) is 0 Å². The molecule has 0 fully saturated rings. The highest BCUT2D eigenvalue weighted by Gasteiger charge is 2.06. The number of rotatable bonds is 2. The molecule has 1 rings (SSSR count). The van der Waals surface area contributed by atoms with Crippen molar-refractivity contribution in [2.45, 2.75) is 19.6 Å². The van der Waals surface area contributed by atoms with Crippen molar-refractivity contribution in [3.8, 4) is 11.5 Å². The van der Waals surface area contributed by atoms with Crippen molar-refractivity contribution in [1.82, 2.24) is 0 Å². The summed E-state index contributed by atoms with van der Waals surface area (Å²) in [5.41, 5.74) is 4.53. The molecular weight excluding hydrogens is 335 g/mol. The van der Waals surface area contributed by atoms with Gasteiger partial charge in [0, 0.05) is 3.58 Å². The van der Waals surface area contributed by atoms with Crippen molar-refractivity contribution < 1.29 is 0 Å². The normalized spacial score (nSPS) is 12.4. The van der Waals surface area contributed by atoms with Crippen LogP contribution >= 0.6 is 22.6 Å². The third-order valence-electron chi connectivity index (χ3n) is 1.88. The van der Waals surface area contributed by atoms with Gasteiger partial charge in [0.05, 0.1) is 0 Å².